The van der Waals surface area contributed by atoms with Crippen molar-refractivity contribution in [3.8, 4) is 17.2 Å². The summed E-state index contributed by atoms with van der Waals surface area (Å²) in [5.41, 5.74) is 0.202. The molecular weight excluding hydrogens is 377 g/mol. The van der Waals surface area contributed by atoms with Crippen molar-refractivity contribution < 1.29 is 28.5 Å². The molecule has 1 fully saturated rings. The largest absolute Gasteiger partial charge is 0.493 e. The van der Waals surface area contributed by atoms with E-state index in [2.05, 4.69) is 0 Å². The minimum absolute atomic E-state index is 0.106. The number of aliphatic hydroxyl groups is 1. The van der Waals surface area contributed by atoms with Gasteiger partial charge in [0.2, 0.25) is 0 Å². The molecule has 0 aliphatic carbocycles. The molecule has 1 saturated heterocycles. The third kappa shape index (κ3) is 4.98. The van der Waals surface area contributed by atoms with Gasteiger partial charge in [0.15, 0.2) is 17.6 Å². The van der Waals surface area contributed by atoms with Gasteiger partial charge in [0.1, 0.15) is 18.2 Å². The number of amides is 1. The summed E-state index contributed by atoms with van der Waals surface area (Å²) in [6.07, 6.45) is -0.178. The van der Waals surface area contributed by atoms with Crippen molar-refractivity contribution in [2.45, 2.75) is 38.9 Å². The summed E-state index contributed by atoms with van der Waals surface area (Å²) in [4.78, 5) is 14.4. The van der Waals surface area contributed by atoms with Crippen molar-refractivity contribution in [1.82, 2.24) is 0 Å². The highest BCUT2D eigenvalue weighted by Gasteiger charge is 2.35. The van der Waals surface area contributed by atoms with E-state index in [4.69, 9.17) is 14.2 Å². The number of ether oxygens (including phenoxy) is 3. The average molecular weight is 403 g/mol. The first kappa shape index (κ1) is 20.9. The van der Waals surface area contributed by atoms with E-state index < -0.39 is 11.7 Å². The van der Waals surface area contributed by atoms with Crippen molar-refractivity contribution in [2.75, 3.05) is 25.2 Å². The van der Waals surface area contributed by atoms with Crippen LogP contribution in [0, 0.1) is 12.7 Å². The van der Waals surface area contributed by atoms with Gasteiger partial charge in [0, 0.05) is 30.8 Å². The standard InChI is InChI=1S/C22H26FNO5/c1-14-5-7-16(12-17(14)23)29-19-9-10-24(21(19)25)15-6-8-18(20(11-15)27-4)28-13-22(2,3)26/h5-8,11-12,19,26H,9-10,13H2,1-4H3. The number of hydrogen-bond donors (Lipinski definition) is 1. The molecule has 2 aromatic carbocycles. The average Bonchev–Trinajstić information content (AvgIpc) is 3.02. The lowest BCUT2D eigenvalue weighted by Gasteiger charge is -2.21. The first-order valence-electron chi connectivity index (χ1n) is 9.45. The number of nitrogens with zero attached hydrogens (tertiary/aromatic N) is 1. The lowest BCUT2D eigenvalue weighted by Crippen LogP contribution is -2.32. The summed E-state index contributed by atoms with van der Waals surface area (Å²) in [7, 11) is 1.51. The molecule has 1 aliphatic rings. The van der Waals surface area contributed by atoms with E-state index in [0.29, 0.717) is 41.5 Å². The van der Waals surface area contributed by atoms with E-state index in [1.807, 2.05) is 0 Å². The SMILES string of the molecule is COc1cc(N2CCC(Oc3ccc(C)c(F)c3)C2=O)ccc1OCC(C)(C)O. The van der Waals surface area contributed by atoms with Gasteiger partial charge < -0.3 is 24.2 Å². The van der Waals surface area contributed by atoms with E-state index in [-0.39, 0.29) is 18.3 Å². The molecule has 0 saturated carbocycles. The van der Waals surface area contributed by atoms with Gasteiger partial charge in [-0.2, -0.15) is 0 Å². The highest BCUT2D eigenvalue weighted by atomic mass is 19.1. The highest BCUT2D eigenvalue weighted by Crippen LogP contribution is 2.34. The summed E-state index contributed by atoms with van der Waals surface area (Å²) in [6, 6.07) is 9.75. The van der Waals surface area contributed by atoms with Crippen LogP contribution in [0.5, 0.6) is 17.2 Å². The Labute approximate surface area is 169 Å². The van der Waals surface area contributed by atoms with Crippen LogP contribution in [-0.2, 0) is 4.79 Å². The monoisotopic (exact) mass is 403 g/mol. The summed E-state index contributed by atoms with van der Waals surface area (Å²) >= 11 is 0. The second-order valence-corrected chi connectivity index (χ2v) is 7.73. The number of carbonyl (C=O) groups is 1. The first-order valence-corrected chi connectivity index (χ1v) is 9.45. The van der Waals surface area contributed by atoms with Crippen molar-refractivity contribution >= 4 is 11.6 Å². The van der Waals surface area contributed by atoms with Gasteiger partial charge in [-0.15, -0.1) is 0 Å². The minimum atomic E-state index is -0.978. The van der Waals surface area contributed by atoms with Crippen LogP contribution in [0.25, 0.3) is 0 Å². The Balaban J connectivity index is 1.72. The van der Waals surface area contributed by atoms with E-state index >= 15 is 0 Å². The van der Waals surface area contributed by atoms with Crippen LogP contribution in [-0.4, -0.2) is 43.0 Å². The lowest BCUT2D eigenvalue weighted by molar-refractivity contribution is -0.122. The summed E-state index contributed by atoms with van der Waals surface area (Å²) in [5, 5.41) is 9.83. The van der Waals surface area contributed by atoms with Crippen LogP contribution in [0.1, 0.15) is 25.8 Å². The zero-order chi connectivity index (χ0) is 21.2. The van der Waals surface area contributed by atoms with Gasteiger partial charge in [-0.25, -0.2) is 4.39 Å². The van der Waals surface area contributed by atoms with Gasteiger partial charge in [-0.05, 0) is 44.5 Å². The van der Waals surface area contributed by atoms with Crippen LogP contribution >= 0.6 is 0 Å². The number of halogens is 1. The van der Waals surface area contributed by atoms with Gasteiger partial charge >= 0.3 is 0 Å². The van der Waals surface area contributed by atoms with E-state index in [0.717, 1.165) is 0 Å². The molecule has 0 radical (unpaired) electrons. The van der Waals surface area contributed by atoms with Gasteiger partial charge in [0.05, 0.1) is 12.7 Å². The molecule has 1 aliphatic heterocycles. The molecule has 7 heteroatoms. The topological polar surface area (TPSA) is 68.2 Å². The quantitative estimate of drug-likeness (QED) is 0.767. The molecule has 1 N–H and O–H groups in total. The second kappa shape index (κ2) is 8.29. The van der Waals surface area contributed by atoms with Gasteiger partial charge in [-0.1, -0.05) is 6.07 Å². The fraction of sp³-hybridized carbons (Fsp3) is 0.409. The van der Waals surface area contributed by atoms with E-state index in [1.54, 1.807) is 56.0 Å². The Hall–Kier alpha value is -2.80. The number of anilines is 1. The maximum Gasteiger partial charge on any atom is 0.268 e. The molecule has 3 rings (SSSR count). The zero-order valence-electron chi connectivity index (χ0n) is 17.1. The van der Waals surface area contributed by atoms with Crippen molar-refractivity contribution in [1.29, 1.82) is 0 Å². The number of rotatable bonds is 7. The Kier molecular flexibility index (Phi) is 5.98. The Bertz CT molecular complexity index is 893. The molecule has 2 aromatic rings. The maximum atomic E-state index is 13.7. The predicted octanol–water partition coefficient (Wildman–Crippen LogP) is 3.48. The second-order valence-electron chi connectivity index (χ2n) is 7.73. The predicted molar refractivity (Wildman–Crippen MR) is 107 cm³/mol. The molecule has 0 bridgehead atoms. The summed E-state index contributed by atoms with van der Waals surface area (Å²) in [5.74, 6) is 0.716. The van der Waals surface area contributed by atoms with Crippen molar-refractivity contribution in [3.05, 3.63) is 47.8 Å². The summed E-state index contributed by atoms with van der Waals surface area (Å²) in [6.45, 7) is 5.55. The molecule has 0 spiro atoms. The Morgan fingerprint density at radius 1 is 1.21 bits per heavy atom. The molecule has 6 nitrogen and oxygen atoms in total. The van der Waals surface area contributed by atoms with Crippen molar-refractivity contribution in [2.24, 2.45) is 0 Å². The first-order chi connectivity index (χ1) is 13.7. The molecule has 0 aromatic heterocycles. The fourth-order valence-electron chi connectivity index (χ4n) is 3.03. The molecule has 29 heavy (non-hydrogen) atoms. The minimum Gasteiger partial charge on any atom is -0.493 e. The Morgan fingerprint density at radius 2 is 1.97 bits per heavy atom. The van der Waals surface area contributed by atoms with E-state index in [1.165, 1.54) is 13.2 Å². The Morgan fingerprint density at radius 3 is 2.62 bits per heavy atom. The van der Waals surface area contributed by atoms with Crippen LogP contribution in [0.4, 0.5) is 10.1 Å². The van der Waals surface area contributed by atoms with Crippen LogP contribution in [0.3, 0.4) is 0 Å². The zero-order valence-corrected chi connectivity index (χ0v) is 17.1. The van der Waals surface area contributed by atoms with Gasteiger partial charge in [-0.3, -0.25) is 4.79 Å². The number of hydrogen-bond acceptors (Lipinski definition) is 5. The van der Waals surface area contributed by atoms with Crippen LogP contribution in [0.2, 0.25) is 0 Å². The molecule has 1 amide bonds. The smallest absolute Gasteiger partial charge is 0.268 e. The molecule has 1 heterocycles. The fourth-order valence-corrected chi connectivity index (χ4v) is 3.03. The number of methoxy groups -OCH3 is 1. The lowest BCUT2D eigenvalue weighted by atomic mass is 10.2. The van der Waals surface area contributed by atoms with Crippen molar-refractivity contribution in [3.63, 3.8) is 0 Å². The third-order valence-corrected chi connectivity index (χ3v) is 4.62. The normalized spacial score (nSPS) is 16.8. The number of aryl methyl sites for hydroxylation is 1. The molecule has 1 atom stereocenters. The molecule has 156 valence electrons. The number of benzene rings is 2. The maximum absolute atomic E-state index is 13.7. The third-order valence-electron chi connectivity index (χ3n) is 4.62. The van der Waals surface area contributed by atoms with Crippen LogP contribution in [0.15, 0.2) is 36.4 Å². The highest BCUT2D eigenvalue weighted by molar-refractivity contribution is 5.99. The van der Waals surface area contributed by atoms with Gasteiger partial charge in [0.25, 0.3) is 5.91 Å². The van der Waals surface area contributed by atoms with Crippen LogP contribution < -0.4 is 19.1 Å². The van der Waals surface area contributed by atoms with E-state index in [9.17, 15) is 14.3 Å². The molecule has 1 unspecified atom stereocenters. The number of carbonyl (C=O) groups excluding carboxylic acids is 1. The summed E-state index contributed by atoms with van der Waals surface area (Å²) < 4.78 is 30.4. The molecular formula is C22H26FNO5.